The molecule has 22 heavy (non-hydrogen) atoms. The zero-order chi connectivity index (χ0) is 16.1. The van der Waals surface area contributed by atoms with Crippen molar-refractivity contribution in [1.82, 2.24) is 15.6 Å². The molecular weight excluding hydrogens is 346 g/mol. The van der Waals surface area contributed by atoms with E-state index in [4.69, 9.17) is 0 Å². The quantitative estimate of drug-likeness (QED) is 0.857. The number of nitrogens with one attached hydrogen (secondary N) is 2. The summed E-state index contributed by atoms with van der Waals surface area (Å²) in [6.45, 7) is 4.24. The summed E-state index contributed by atoms with van der Waals surface area (Å²) in [5, 5.41) is 6.33. The van der Waals surface area contributed by atoms with Crippen molar-refractivity contribution in [3.63, 3.8) is 0 Å². The van der Waals surface area contributed by atoms with Crippen LogP contribution in [-0.4, -0.2) is 29.4 Å². The molecule has 2 N–H and O–H groups in total. The second-order valence-electron chi connectivity index (χ2n) is 4.89. The second-order valence-corrected chi connectivity index (χ2v) is 5.81. The van der Waals surface area contributed by atoms with Crippen molar-refractivity contribution in [1.29, 1.82) is 0 Å². The van der Waals surface area contributed by atoms with Gasteiger partial charge in [0.2, 0.25) is 5.91 Å². The molecule has 0 fully saturated rings. The summed E-state index contributed by atoms with van der Waals surface area (Å²) in [4.78, 5) is 28.4. The Labute approximate surface area is 137 Å². The van der Waals surface area contributed by atoms with E-state index in [9.17, 15) is 9.59 Å². The number of rotatable bonds is 5. The SMILES string of the molecule is CCNC(=O)[C@H](CC)NC(=O)c1cnc2ccc(Br)cc2c1. The monoisotopic (exact) mass is 363 g/mol. The van der Waals surface area contributed by atoms with Crippen molar-refractivity contribution in [3.05, 3.63) is 40.5 Å². The second kappa shape index (κ2) is 7.35. The fourth-order valence-corrected chi connectivity index (χ4v) is 2.50. The zero-order valence-corrected chi connectivity index (χ0v) is 14.1. The van der Waals surface area contributed by atoms with E-state index in [2.05, 4.69) is 31.5 Å². The lowest BCUT2D eigenvalue weighted by molar-refractivity contribution is -0.122. The normalized spacial score (nSPS) is 12.0. The summed E-state index contributed by atoms with van der Waals surface area (Å²) in [5.41, 5.74) is 1.25. The molecule has 0 bridgehead atoms. The summed E-state index contributed by atoms with van der Waals surface area (Å²) >= 11 is 3.40. The number of nitrogens with zero attached hydrogens (tertiary/aromatic N) is 1. The first kappa shape index (κ1) is 16.4. The maximum atomic E-state index is 12.3. The number of amides is 2. The predicted octanol–water partition coefficient (Wildman–Crippen LogP) is 2.64. The standard InChI is InChI=1S/C16H18BrN3O2/c1-3-13(16(22)18-4-2)20-15(21)11-7-10-8-12(17)5-6-14(10)19-9-11/h5-9,13H,3-4H2,1-2H3,(H,18,22)(H,20,21)/t13-/m0/s1. The van der Waals surface area contributed by atoms with Gasteiger partial charge in [0.25, 0.3) is 5.91 Å². The topological polar surface area (TPSA) is 71.1 Å². The largest absolute Gasteiger partial charge is 0.355 e. The number of hydrogen-bond acceptors (Lipinski definition) is 3. The van der Waals surface area contributed by atoms with Gasteiger partial charge in [-0.15, -0.1) is 0 Å². The Hall–Kier alpha value is -1.95. The maximum absolute atomic E-state index is 12.3. The number of carbonyl (C=O) groups excluding carboxylic acids is 2. The molecule has 0 saturated carbocycles. The van der Waals surface area contributed by atoms with Crippen LogP contribution in [-0.2, 0) is 4.79 Å². The van der Waals surface area contributed by atoms with Gasteiger partial charge in [-0.1, -0.05) is 22.9 Å². The Kier molecular flexibility index (Phi) is 5.49. The summed E-state index contributed by atoms with van der Waals surface area (Å²) < 4.78 is 0.924. The third-order valence-corrected chi connectivity index (χ3v) is 3.78. The lowest BCUT2D eigenvalue weighted by Crippen LogP contribution is -2.46. The van der Waals surface area contributed by atoms with Crippen molar-refractivity contribution in [2.45, 2.75) is 26.3 Å². The molecule has 116 valence electrons. The summed E-state index contributed by atoms with van der Waals surface area (Å²) in [7, 11) is 0. The summed E-state index contributed by atoms with van der Waals surface area (Å²) in [6, 6.07) is 6.92. The molecule has 0 aliphatic rings. The Morgan fingerprint density at radius 1 is 1.27 bits per heavy atom. The van der Waals surface area contributed by atoms with Gasteiger partial charge in [0, 0.05) is 22.6 Å². The van der Waals surface area contributed by atoms with Gasteiger partial charge in [0.05, 0.1) is 11.1 Å². The van der Waals surface area contributed by atoms with Crippen LogP contribution in [0.15, 0.2) is 34.9 Å². The third-order valence-electron chi connectivity index (χ3n) is 3.29. The van der Waals surface area contributed by atoms with Gasteiger partial charge in [-0.05, 0) is 37.6 Å². The summed E-state index contributed by atoms with van der Waals surface area (Å²) in [5.74, 6) is -0.470. The first-order valence-corrected chi connectivity index (χ1v) is 7.98. The average molecular weight is 364 g/mol. The molecule has 2 rings (SSSR count). The lowest BCUT2D eigenvalue weighted by atomic mass is 10.1. The molecule has 2 amide bonds. The number of fused-ring (bicyclic) bond motifs is 1. The highest BCUT2D eigenvalue weighted by atomic mass is 79.9. The van der Waals surface area contributed by atoms with Gasteiger partial charge in [-0.3, -0.25) is 14.6 Å². The van der Waals surface area contributed by atoms with Gasteiger partial charge in [-0.2, -0.15) is 0 Å². The Morgan fingerprint density at radius 3 is 2.73 bits per heavy atom. The van der Waals surface area contributed by atoms with Crippen LogP contribution in [0.25, 0.3) is 10.9 Å². The fourth-order valence-electron chi connectivity index (χ4n) is 2.12. The van der Waals surface area contributed by atoms with Crippen molar-refractivity contribution < 1.29 is 9.59 Å². The minimum atomic E-state index is -0.536. The van der Waals surface area contributed by atoms with Crippen LogP contribution < -0.4 is 10.6 Å². The minimum Gasteiger partial charge on any atom is -0.355 e. The van der Waals surface area contributed by atoms with Gasteiger partial charge in [-0.25, -0.2) is 0 Å². The Morgan fingerprint density at radius 2 is 2.05 bits per heavy atom. The van der Waals surface area contributed by atoms with E-state index in [1.807, 2.05) is 32.0 Å². The van der Waals surface area contributed by atoms with Crippen LogP contribution in [0.3, 0.4) is 0 Å². The number of hydrogen-bond donors (Lipinski definition) is 2. The number of benzene rings is 1. The molecule has 0 aliphatic carbocycles. The third kappa shape index (κ3) is 3.82. The molecule has 1 atom stereocenters. The van der Waals surface area contributed by atoms with Gasteiger partial charge >= 0.3 is 0 Å². The van der Waals surface area contributed by atoms with Crippen molar-refractivity contribution in [2.24, 2.45) is 0 Å². The van der Waals surface area contributed by atoms with Crippen molar-refractivity contribution >= 4 is 38.6 Å². The van der Waals surface area contributed by atoms with Crippen LogP contribution in [0.2, 0.25) is 0 Å². The molecule has 5 nitrogen and oxygen atoms in total. The molecule has 6 heteroatoms. The molecular formula is C16H18BrN3O2. The smallest absolute Gasteiger partial charge is 0.253 e. The number of carbonyl (C=O) groups is 2. The van der Waals surface area contributed by atoms with Crippen LogP contribution in [0.5, 0.6) is 0 Å². The van der Waals surface area contributed by atoms with Crippen LogP contribution >= 0.6 is 15.9 Å². The van der Waals surface area contributed by atoms with E-state index in [0.29, 0.717) is 18.5 Å². The molecule has 0 spiro atoms. The van der Waals surface area contributed by atoms with E-state index in [0.717, 1.165) is 15.4 Å². The predicted molar refractivity (Wildman–Crippen MR) is 89.7 cm³/mol. The van der Waals surface area contributed by atoms with E-state index in [1.165, 1.54) is 6.20 Å². The van der Waals surface area contributed by atoms with Crippen LogP contribution in [0, 0.1) is 0 Å². The number of likely N-dealkylation sites (N-methyl/N-ethyl adjacent to an activating group) is 1. The highest BCUT2D eigenvalue weighted by Crippen LogP contribution is 2.19. The summed E-state index contributed by atoms with van der Waals surface area (Å²) in [6.07, 6.45) is 2.06. The first-order chi connectivity index (χ1) is 10.5. The number of aromatic nitrogens is 1. The van der Waals surface area contributed by atoms with Gasteiger partial charge in [0.1, 0.15) is 6.04 Å². The Bertz CT molecular complexity index is 703. The molecule has 1 aromatic heterocycles. The maximum Gasteiger partial charge on any atom is 0.253 e. The molecule has 1 heterocycles. The molecule has 0 saturated heterocycles. The molecule has 0 unspecified atom stereocenters. The van der Waals surface area contributed by atoms with Crippen LogP contribution in [0.1, 0.15) is 30.6 Å². The van der Waals surface area contributed by atoms with Crippen LogP contribution in [0.4, 0.5) is 0 Å². The highest BCUT2D eigenvalue weighted by Gasteiger charge is 2.19. The van der Waals surface area contributed by atoms with Crippen molar-refractivity contribution in [3.8, 4) is 0 Å². The fraction of sp³-hybridized carbons (Fsp3) is 0.312. The van der Waals surface area contributed by atoms with E-state index in [-0.39, 0.29) is 11.8 Å². The number of halogens is 1. The molecule has 0 radical (unpaired) electrons. The molecule has 0 aliphatic heterocycles. The highest BCUT2D eigenvalue weighted by molar-refractivity contribution is 9.10. The molecule has 2 aromatic rings. The zero-order valence-electron chi connectivity index (χ0n) is 12.5. The minimum absolute atomic E-state index is 0.171. The van der Waals surface area contributed by atoms with E-state index in [1.54, 1.807) is 6.07 Å². The average Bonchev–Trinajstić information content (AvgIpc) is 2.51. The van der Waals surface area contributed by atoms with E-state index >= 15 is 0 Å². The van der Waals surface area contributed by atoms with Gasteiger partial charge < -0.3 is 10.6 Å². The Balaban J connectivity index is 2.19. The lowest BCUT2D eigenvalue weighted by Gasteiger charge is -2.16. The van der Waals surface area contributed by atoms with E-state index < -0.39 is 6.04 Å². The van der Waals surface area contributed by atoms with Crippen molar-refractivity contribution in [2.75, 3.05) is 6.54 Å². The molecule has 1 aromatic carbocycles. The number of pyridine rings is 1. The van der Waals surface area contributed by atoms with Gasteiger partial charge in [0.15, 0.2) is 0 Å². The first-order valence-electron chi connectivity index (χ1n) is 7.19.